The number of halogens is 1. The van der Waals surface area contributed by atoms with E-state index >= 15 is 0 Å². The van der Waals surface area contributed by atoms with Gasteiger partial charge in [-0.15, -0.1) is 0 Å². The first-order chi connectivity index (χ1) is 12.4. The Labute approximate surface area is 168 Å². The molecule has 1 amide bonds. The summed E-state index contributed by atoms with van der Waals surface area (Å²) in [6, 6.07) is 13.6. The third kappa shape index (κ3) is 4.44. The van der Waals surface area contributed by atoms with Crippen LogP contribution in [0.4, 0.5) is 5.69 Å². The minimum Gasteiger partial charge on any atom is -0.322 e. The molecule has 2 aromatic rings. The van der Waals surface area contributed by atoms with E-state index in [1.165, 1.54) is 0 Å². The van der Waals surface area contributed by atoms with Crippen LogP contribution in [0, 0.1) is 9.49 Å². The second kappa shape index (κ2) is 8.06. The molecule has 0 aliphatic carbocycles. The number of carbonyl (C=O) groups excluding carboxylic acids is 1. The van der Waals surface area contributed by atoms with Crippen LogP contribution in [0.1, 0.15) is 30.1 Å². The summed E-state index contributed by atoms with van der Waals surface area (Å²) in [6.07, 6.45) is 1.78. The molecule has 0 bridgehead atoms. The summed E-state index contributed by atoms with van der Waals surface area (Å²) in [5, 5.41) is 2.80. The van der Waals surface area contributed by atoms with Crippen molar-refractivity contribution in [3.05, 3.63) is 57.7 Å². The van der Waals surface area contributed by atoms with Gasteiger partial charge < -0.3 is 5.32 Å². The maximum absolute atomic E-state index is 12.7. The molecular formula is C19H21IN2O3S. The normalized spacial score (nSPS) is 16.4. The van der Waals surface area contributed by atoms with Crippen LogP contribution in [-0.2, 0) is 10.0 Å². The van der Waals surface area contributed by atoms with Crippen LogP contribution in [0.15, 0.2) is 53.4 Å². The van der Waals surface area contributed by atoms with Gasteiger partial charge in [0, 0.05) is 27.9 Å². The van der Waals surface area contributed by atoms with E-state index in [2.05, 4.69) is 34.8 Å². The minimum absolute atomic E-state index is 0.218. The molecular weight excluding hydrogens is 463 g/mol. The maximum Gasteiger partial charge on any atom is 0.255 e. The molecule has 1 N–H and O–H groups in total. The quantitative estimate of drug-likeness (QED) is 0.669. The van der Waals surface area contributed by atoms with Crippen LogP contribution < -0.4 is 5.32 Å². The summed E-state index contributed by atoms with van der Waals surface area (Å²) < 4.78 is 28.0. The lowest BCUT2D eigenvalue weighted by Crippen LogP contribution is -2.37. The van der Waals surface area contributed by atoms with Gasteiger partial charge in [0.2, 0.25) is 10.0 Å². The largest absolute Gasteiger partial charge is 0.322 e. The van der Waals surface area contributed by atoms with Crippen molar-refractivity contribution in [2.24, 2.45) is 5.92 Å². The summed E-state index contributed by atoms with van der Waals surface area (Å²) in [4.78, 5) is 12.5. The van der Waals surface area contributed by atoms with Gasteiger partial charge in [-0.05, 0) is 83.8 Å². The van der Waals surface area contributed by atoms with Gasteiger partial charge in [-0.25, -0.2) is 8.42 Å². The Bertz CT molecular complexity index is 889. The van der Waals surface area contributed by atoms with Crippen LogP contribution in [0.3, 0.4) is 0 Å². The van der Waals surface area contributed by atoms with Gasteiger partial charge in [0.1, 0.15) is 0 Å². The number of hydrogen-bond acceptors (Lipinski definition) is 3. The molecule has 1 aliphatic heterocycles. The highest BCUT2D eigenvalue weighted by Crippen LogP contribution is 2.24. The molecule has 0 saturated carbocycles. The minimum atomic E-state index is -3.47. The van der Waals surface area contributed by atoms with E-state index in [1.54, 1.807) is 40.7 Å². The lowest BCUT2D eigenvalue weighted by Gasteiger charge is -2.29. The van der Waals surface area contributed by atoms with Gasteiger partial charge in [-0.1, -0.05) is 13.0 Å². The molecule has 0 atom stereocenters. The van der Waals surface area contributed by atoms with Crippen LogP contribution in [0.2, 0.25) is 0 Å². The third-order valence-corrected chi connectivity index (χ3v) is 7.16. The Balaban J connectivity index is 1.71. The lowest BCUT2D eigenvalue weighted by atomic mass is 10.0. The fraction of sp³-hybridized carbons (Fsp3) is 0.316. The van der Waals surface area contributed by atoms with E-state index in [4.69, 9.17) is 0 Å². The zero-order chi connectivity index (χ0) is 18.7. The van der Waals surface area contributed by atoms with Gasteiger partial charge in [-0.3, -0.25) is 4.79 Å². The van der Waals surface area contributed by atoms with Gasteiger partial charge >= 0.3 is 0 Å². The van der Waals surface area contributed by atoms with E-state index in [0.29, 0.717) is 30.3 Å². The number of nitrogens with one attached hydrogen (secondary N) is 1. The zero-order valence-electron chi connectivity index (χ0n) is 14.5. The second-order valence-corrected chi connectivity index (χ2v) is 9.76. The first-order valence-electron chi connectivity index (χ1n) is 8.53. The molecule has 5 nitrogen and oxygen atoms in total. The number of amides is 1. The Morgan fingerprint density at radius 2 is 1.77 bits per heavy atom. The van der Waals surface area contributed by atoms with Crippen molar-refractivity contribution >= 4 is 44.2 Å². The maximum atomic E-state index is 12.7. The fourth-order valence-corrected chi connectivity index (χ4v) is 4.93. The number of benzene rings is 2. The number of anilines is 1. The fourth-order valence-electron chi connectivity index (χ4n) is 2.92. The second-order valence-electron chi connectivity index (χ2n) is 6.58. The SMILES string of the molecule is CC1CCN(S(=O)(=O)c2ccc(NC(=O)c3cccc(I)c3)cc2)CC1. The molecule has 26 heavy (non-hydrogen) atoms. The van der Waals surface area contributed by atoms with Crippen molar-refractivity contribution in [2.75, 3.05) is 18.4 Å². The molecule has 7 heteroatoms. The zero-order valence-corrected chi connectivity index (χ0v) is 17.5. The van der Waals surface area contributed by atoms with Gasteiger partial charge in [-0.2, -0.15) is 4.31 Å². The first-order valence-corrected chi connectivity index (χ1v) is 11.1. The molecule has 138 valence electrons. The molecule has 0 unspecified atom stereocenters. The number of carbonyl (C=O) groups is 1. The van der Waals surface area contributed by atoms with E-state index in [1.807, 2.05) is 12.1 Å². The summed E-state index contributed by atoms with van der Waals surface area (Å²) >= 11 is 2.15. The van der Waals surface area contributed by atoms with Crippen LogP contribution in [0.25, 0.3) is 0 Å². The summed E-state index contributed by atoms with van der Waals surface area (Å²) in [6.45, 7) is 3.28. The smallest absolute Gasteiger partial charge is 0.255 e. The number of nitrogens with zero attached hydrogens (tertiary/aromatic N) is 1. The van der Waals surface area contributed by atoms with Crippen LogP contribution in [0.5, 0.6) is 0 Å². The first kappa shape index (κ1) is 19.3. The highest BCUT2D eigenvalue weighted by Gasteiger charge is 2.27. The van der Waals surface area contributed by atoms with Crippen LogP contribution in [-0.4, -0.2) is 31.7 Å². The average molecular weight is 484 g/mol. The predicted octanol–water partition coefficient (Wildman–Crippen LogP) is 3.96. The molecule has 1 saturated heterocycles. The summed E-state index contributed by atoms with van der Waals surface area (Å²) in [7, 11) is -3.47. The standard InChI is InChI=1S/C19H21IN2O3S/c1-14-9-11-22(12-10-14)26(24,25)18-7-5-17(6-8-18)21-19(23)15-3-2-4-16(20)13-15/h2-8,13-14H,9-12H2,1H3,(H,21,23). The van der Waals surface area contributed by atoms with E-state index in [9.17, 15) is 13.2 Å². The van der Waals surface area contributed by atoms with Crippen molar-refractivity contribution in [3.8, 4) is 0 Å². The number of sulfonamides is 1. The molecule has 1 fully saturated rings. The monoisotopic (exact) mass is 484 g/mol. The predicted molar refractivity (Wildman–Crippen MR) is 111 cm³/mol. The number of hydrogen-bond donors (Lipinski definition) is 1. The number of piperidine rings is 1. The highest BCUT2D eigenvalue weighted by molar-refractivity contribution is 14.1. The average Bonchev–Trinajstić information content (AvgIpc) is 2.62. The van der Waals surface area contributed by atoms with Gasteiger partial charge in [0.05, 0.1) is 4.90 Å². The lowest BCUT2D eigenvalue weighted by molar-refractivity contribution is 0.102. The van der Waals surface area contributed by atoms with E-state index in [0.717, 1.165) is 16.4 Å². The Hall–Kier alpha value is -1.45. The van der Waals surface area contributed by atoms with Gasteiger partial charge in [0.25, 0.3) is 5.91 Å². The van der Waals surface area contributed by atoms with E-state index in [-0.39, 0.29) is 10.8 Å². The third-order valence-electron chi connectivity index (χ3n) is 4.58. The van der Waals surface area contributed by atoms with Crippen molar-refractivity contribution in [1.82, 2.24) is 4.31 Å². The van der Waals surface area contributed by atoms with Gasteiger partial charge in [0.15, 0.2) is 0 Å². The van der Waals surface area contributed by atoms with Crippen molar-refractivity contribution in [2.45, 2.75) is 24.7 Å². The molecule has 0 aromatic heterocycles. The van der Waals surface area contributed by atoms with Crippen LogP contribution >= 0.6 is 22.6 Å². The molecule has 0 spiro atoms. The van der Waals surface area contributed by atoms with E-state index < -0.39 is 10.0 Å². The Kier molecular flexibility index (Phi) is 5.99. The molecule has 0 radical (unpaired) electrons. The highest BCUT2D eigenvalue weighted by atomic mass is 127. The summed E-state index contributed by atoms with van der Waals surface area (Å²) in [5.74, 6) is 0.351. The number of rotatable bonds is 4. The Morgan fingerprint density at radius 1 is 1.12 bits per heavy atom. The van der Waals surface area contributed by atoms with Crippen molar-refractivity contribution in [3.63, 3.8) is 0 Å². The topological polar surface area (TPSA) is 66.5 Å². The molecule has 2 aromatic carbocycles. The molecule has 3 rings (SSSR count). The molecule has 1 heterocycles. The van der Waals surface area contributed by atoms with Crippen molar-refractivity contribution < 1.29 is 13.2 Å². The molecule has 1 aliphatic rings. The Morgan fingerprint density at radius 3 is 2.38 bits per heavy atom. The summed E-state index contributed by atoms with van der Waals surface area (Å²) in [5.41, 5.74) is 1.14. The van der Waals surface area contributed by atoms with Crippen molar-refractivity contribution in [1.29, 1.82) is 0 Å².